The molecule has 0 aliphatic rings. The molecular weight excluding hydrogens is 376 g/mol. The molecule has 0 spiro atoms. The number of thiophene rings is 1. The summed E-state index contributed by atoms with van der Waals surface area (Å²) in [5, 5.41) is 0.715. The highest BCUT2D eigenvalue weighted by molar-refractivity contribution is 7.98. The number of ether oxygens (including phenoxy) is 1. The molecule has 0 bridgehead atoms. The van der Waals surface area contributed by atoms with Crippen LogP contribution in [-0.2, 0) is 12.8 Å². The van der Waals surface area contributed by atoms with Crippen molar-refractivity contribution in [2.75, 3.05) is 7.11 Å². The summed E-state index contributed by atoms with van der Waals surface area (Å²) < 4.78 is 7.61. The van der Waals surface area contributed by atoms with Gasteiger partial charge in [0.25, 0.3) is 5.56 Å². The van der Waals surface area contributed by atoms with E-state index in [4.69, 9.17) is 9.72 Å². The van der Waals surface area contributed by atoms with Crippen molar-refractivity contribution < 1.29 is 4.74 Å². The van der Waals surface area contributed by atoms with Gasteiger partial charge in [0.2, 0.25) is 0 Å². The molecular formula is C21H18N2O2S2. The first-order chi connectivity index (χ1) is 13.2. The fourth-order valence-electron chi connectivity index (χ4n) is 2.82. The quantitative estimate of drug-likeness (QED) is 0.354. The Balaban J connectivity index is 1.67. The topological polar surface area (TPSA) is 44.1 Å². The third kappa shape index (κ3) is 3.63. The Labute approximate surface area is 165 Å². The van der Waals surface area contributed by atoms with Gasteiger partial charge in [-0.2, -0.15) is 0 Å². The highest BCUT2D eigenvalue weighted by Crippen LogP contribution is 2.32. The van der Waals surface area contributed by atoms with Gasteiger partial charge in [0.1, 0.15) is 10.4 Å². The van der Waals surface area contributed by atoms with Crippen molar-refractivity contribution in [2.24, 2.45) is 7.05 Å². The summed E-state index contributed by atoms with van der Waals surface area (Å²) in [7, 11) is 3.44. The number of hydrogen-bond donors (Lipinski definition) is 0. The Kier molecular flexibility index (Phi) is 5.01. The monoisotopic (exact) mass is 394 g/mol. The Morgan fingerprint density at radius 3 is 2.70 bits per heavy atom. The van der Waals surface area contributed by atoms with E-state index in [0.29, 0.717) is 9.86 Å². The number of aromatic nitrogens is 2. The summed E-state index contributed by atoms with van der Waals surface area (Å²) >= 11 is 3.05. The third-order valence-electron chi connectivity index (χ3n) is 4.27. The molecule has 4 nitrogen and oxygen atoms in total. The highest BCUT2D eigenvalue weighted by Gasteiger charge is 2.13. The molecule has 0 saturated heterocycles. The van der Waals surface area contributed by atoms with Gasteiger partial charge in [-0.05, 0) is 29.3 Å². The Morgan fingerprint density at radius 2 is 1.93 bits per heavy atom. The molecule has 0 saturated carbocycles. The van der Waals surface area contributed by atoms with Gasteiger partial charge in [0.15, 0.2) is 5.16 Å². The second-order valence-corrected chi connectivity index (χ2v) is 8.08. The summed E-state index contributed by atoms with van der Waals surface area (Å²) in [4.78, 5) is 18.6. The van der Waals surface area contributed by atoms with Gasteiger partial charge in [-0.1, -0.05) is 54.2 Å². The fraction of sp³-hybridized carbons (Fsp3) is 0.143. The van der Waals surface area contributed by atoms with Crippen molar-refractivity contribution >= 4 is 33.3 Å². The SMILES string of the molecule is COc1cccc(CSc2nc3cc(-c4ccccc4)sc3c(=O)n2C)c1. The lowest BCUT2D eigenvalue weighted by molar-refractivity contribution is 0.414. The molecule has 6 heteroatoms. The minimum atomic E-state index is 0.000299. The van der Waals surface area contributed by atoms with E-state index in [0.717, 1.165) is 33.0 Å². The molecule has 2 heterocycles. The van der Waals surface area contributed by atoms with Crippen molar-refractivity contribution in [3.05, 3.63) is 76.6 Å². The fourth-order valence-corrected chi connectivity index (χ4v) is 4.81. The number of fused-ring (bicyclic) bond motifs is 1. The van der Waals surface area contributed by atoms with Gasteiger partial charge in [0, 0.05) is 17.7 Å². The van der Waals surface area contributed by atoms with Crippen LogP contribution in [0.5, 0.6) is 5.75 Å². The molecule has 4 rings (SSSR count). The molecule has 0 fully saturated rings. The maximum absolute atomic E-state index is 12.8. The van der Waals surface area contributed by atoms with Crippen molar-refractivity contribution in [1.29, 1.82) is 0 Å². The van der Waals surface area contributed by atoms with E-state index in [2.05, 4.69) is 0 Å². The van der Waals surface area contributed by atoms with Crippen molar-refractivity contribution in [3.63, 3.8) is 0 Å². The Morgan fingerprint density at radius 1 is 1.11 bits per heavy atom. The largest absolute Gasteiger partial charge is 0.497 e. The molecule has 27 heavy (non-hydrogen) atoms. The molecule has 0 radical (unpaired) electrons. The van der Waals surface area contributed by atoms with Crippen molar-refractivity contribution in [2.45, 2.75) is 10.9 Å². The molecule has 2 aromatic carbocycles. The Hall–Kier alpha value is -2.57. The number of thioether (sulfide) groups is 1. The standard InChI is InChI=1S/C21H18N2O2S2/c1-23-20(24)19-17(12-18(27-19)15-8-4-3-5-9-15)22-21(23)26-13-14-7-6-10-16(11-14)25-2/h3-12H,13H2,1-2H3. The van der Waals surface area contributed by atoms with Crippen LogP contribution in [0.4, 0.5) is 0 Å². The number of methoxy groups -OCH3 is 1. The summed E-state index contributed by atoms with van der Waals surface area (Å²) in [6, 6.07) is 20.0. The molecule has 0 amide bonds. The summed E-state index contributed by atoms with van der Waals surface area (Å²) in [6.07, 6.45) is 0. The zero-order chi connectivity index (χ0) is 18.8. The number of rotatable bonds is 5. The number of hydrogen-bond acceptors (Lipinski definition) is 5. The van der Waals surface area contributed by atoms with Crippen LogP contribution in [0.1, 0.15) is 5.56 Å². The minimum Gasteiger partial charge on any atom is -0.497 e. The van der Waals surface area contributed by atoms with Gasteiger partial charge in [0.05, 0.1) is 12.6 Å². The van der Waals surface area contributed by atoms with Gasteiger partial charge < -0.3 is 4.74 Å². The molecule has 0 atom stereocenters. The van der Waals surface area contributed by atoms with E-state index in [1.165, 1.54) is 11.3 Å². The summed E-state index contributed by atoms with van der Waals surface area (Å²) in [5.41, 5.74) is 2.99. The highest BCUT2D eigenvalue weighted by atomic mass is 32.2. The average Bonchev–Trinajstić information content (AvgIpc) is 3.15. The first-order valence-electron chi connectivity index (χ1n) is 8.47. The smallest absolute Gasteiger partial charge is 0.271 e. The lowest BCUT2D eigenvalue weighted by Gasteiger charge is -2.07. The van der Waals surface area contributed by atoms with Crippen LogP contribution in [0.15, 0.2) is 70.6 Å². The van der Waals surface area contributed by atoms with Crippen LogP contribution >= 0.6 is 23.1 Å². The van der Waals surface area contributed by atoms with Crippen molar-refractivity contribution in [1.82, 2.24) is 9.55 Å². The van der Waals surface area contributed by atoms with Crippen LogP contribution in [0.2, 0.25) is 0 Å². The van der Waals surface area contributed by atoms with E-state index < -0.39 is 0 Å². The lowest BCUT2D eigenvalue weighted by atomic mass is 10.2. The second-order valence-electron chi connectivity index (χ2n) is 6.09. The van der Waals surface area contributed by atoms with E-state index in [1.807, 2.05) is 60.7 Å². The minimum absolute atomic E-state index is 0.000299. The van der Waals surface area contributed by atoms with Crippen LogP contribution < -0.4 is 10.3 Å². The second kappa shape index (κ2) is 7.58. The molecule has 0 unspecified atom stereocenters. The maximum Gasteiger partial charge on any atom is 0.271 e. The van der Waals surface area contributed by atoms with Crippen LogP contribution in [0, 0.1) is 0 Å². The van der Waals surface area contributed by atoms with Crippen LogP contribution in [-0.4, -0.2) is 16.7 Å². The number of benzene rings is 2. The maximum atomic E-state index is 12.8. The molecule has 0 aliphatic heterocycles. The predicted octanol–water partition coefficient (Wildman–Crippen LogP) is 4.96. The normalized spacial score (nSPS) is 11.0. The summed E-state index contributed by atoms with van der Waals surface area (Å²) in [6.45, 7) is 0. The first kappa shape index (κ1) is 17.8. The van der Waals surface area contributed by atoms with E-state index in [1.54, 1.807) is 30.5 Å². The van der Waals surface area contributed by atoms with Gasteiger partial charge in [-0.15, -0.1) is 11.3 Å². The molecule has 4 aromatic rings. The van der Waals surface area contributed by atoms with Gasteiger partial charge in [-0.25, -0.2) is 4.98 Å². The molecule has 0 aliphatic carbocycles. The predicted molar refractivity (Wildman–Crippen MR) is 113 cm³/mol. The summed E-state index contributed by atoms with van der Waals surface area (Å²) in [5.74, 6) is 1.55. The molecule has 2 aromatic heterocycles. The Bertz CT molecular complexity index is 1150. The zero-order valence-corrected chi connectivity index (χ0v) is 16.6. The third-order valence-corrected chi connectivity index (χ3v) is 6.54. The number of nitrogens with zero attached hydrogens (tertiary/aromatic N) is 2. The van der Waals surface area contributed by atoms with Crippen LogP contribution in [0.25, 0.3) is 20.7 Å². The van der Waals surface area contributed by atoms with Crippen molar-refractivity contribution in [3.8, 4) is 16.2 Å². The molecule has 0 N–H and O–H groups in total. The lowest BCUT2D eigenvalue weighted by Crippen LogP contribution is -2.18. The van der Waals surface area contributed by atoms with Gasteiger partial charge in [-0.3, -0.25) is 9.36 Å². The van der Waals surface area contributed by atoms with E-state index in [-0.39, 0.29) is 5.56 Å². The molecule has 136 valence electrons. The zero-order valence-electron chi connectivity index (χ0n) is 15.0. The average molecular weight is 395 g/mol. The van der Waals surface area contributed by atoms with E-state index >= 15 is 0 Å². The van der Waals surface area contributed by atoms with Gasteiger partial charge >= 0.3 is 0 Å². The first-order valence-corrected chi connectivity index (χ1v) is 10.3. The van der Waals surface area contributed by atoms with E-state index in [9.17, 15) is 4.79 Å². The van der Waals surface area contributed by atoms with Crippen LogP contribution in [0.3, 0.4) is 0 Å².